The van der Waals surface area contributed by atoms with Crippen LogP contribution >= 0.6 is 0 Å². The minimum absolute atomic E-state index is 0.115. The minimum atomic E-state index is -1.06. The van der Waals surface area contributed by atoms with E-state index in [1.807, 2.05) is 0 Å². The number of amides is 1. The summed E-state index contributed by atoms with van der Waals surface area (Å²) in [6.45, 7) is 0.407. The maximum Gasteiger partial charge on any atom is 0.341 e. The first-order valence-corrected chi connectivity index (χ1v) is 6.64. The van der Waals surface area contributed by atoms with Crippen LogP contribution in [0.15, 0.2) is 24.3 Å². The van der Waals surface area contributed by atoms with Crippen LogP contribution in [0.3, 0.4) is 0 Å². The number of piperidine rings is 1. The van der Waals surface area contributed by atoms with Crippen molar-refractivity contribution in [3.8, 4) is 5.75 Å². The molecule has 3 N–H and O–H groups in total. The summed E-state index contributed by atoms with van der Waals surface area (Å²) in [6.07, 6.45) is 2.92. The van der Waals surface area contributed by atoms with Crippen LogP contribution in [0.1, 0.15) is 19.3 Å². The molecule has 1 heterocycles. The Morgan fingerprint density at radius 1 is 1.35 bits per heavy atom. The highest BCUT2D eigenvalue weighted by atomic mass is 16.5. The molecule has 1 aromatic rings. The molecule has 0 aromatic heterocycles. The Morgan fingerprint density at radius 2 is 2.15 bits per heavy atom. The average molecular weight is 278 g/mol. The van der Waals surface area contributed by atoms with Crippen molar-refractivity contribution < 1.29 is 19.4 Å². The van der Waals surface area contributed by atoms with Crippen molar-refractivity contribution in [1.29, 1.82) is 0 Å². The summed E-state index contributed by atoms with van der Waals surface area (Å²) in [5.74, 6) is -0.810. The molecule has 0 bridgehead atoms. The summed E-state index contributed by atoms with van der Waals surface area (Å²) in [6, 6.07) is 6.62. The molecule has 2 rings (SSSR count). The van der Waals surface area contributed by atoms with E-state index in [0.29, 0.717) is 11.4 Å². The summed E-state index contributed by atoms with van der Waals surface area (Å²) in [7, 11) is 0. The molecule has 1 aliphatic heterocycles. The van der Waals surface area contributed by atoms with E-state index in [0.717, 1.165) is 25.8 Å². The van der Waals surface area contributed by atoms with Gasteiger partial charge in [0.1, 0.15) is 5.75 Å². The van der Waals surface area contributed by atoms with Gasteiger partial charge in [-0.1, -0.05) is 18.6 Å². The number of rotatable bonds is 5. The molecule has 1 atom stereocenters. The molecule has 0 spiro atoms. The van der Waals surface area contributed by atoms with Crippen molar-refractivity contribution in [2.75, 3.05) is 18.5 Å². The minimum Gasteiger partial charge on any atom is -0.480 e. The van der Waals surface area contributed by atoms with Crippen LogP contribution in [0, 0.1) is 0 Å². The van der Waals surface area contributed by atoms with Gasteiger partial charge in [0, 0.05) is 0 Å². The molecule has 1 saturated heterocycles. The first-order chi connectivity index (χ1) is 9.66. The molecule has 0 unspecified atom stereocenters. The third kappa shape index (κ3) is 3.96. The predicted molar refractivity (Wildman–Crippen MR) is 73.8 cm³/mol. The van der Waals surface area contributed by atoms with Gasteiger partial charge in [0.15, 0.2) is 6.61 Å². The van der Waals surface area contributed by atoms with Crippen molar-refractivity contribution in [2.45, 2.75) is 25.3 Å². The lowest BCUT2D eigenvalue weighted by atomic mass is 10.0. The van der Waals surface area contributed by atoms with Gasteiger partial charge in [-0.3, -0.25) is 4.79 Å². The summed E-state index contributed by atoms with van der Waals surface area (Å²) >= 11 is 0. The monoisotopic (exact) mass is 278 g/mol. The Balaban J connectivity index is 2.00. The van der Waals surface area contributed by atoms with E-state index < -0.39 is 12.6 Å². The number of ether oxygens (including phenoxy) is 1. The Labute approximate surface area is 117 Å². The van der Waals surface area contributed by atoms with Crippen molar-refractivity contribution in [2.24, 2.45) is 0 Å². The normalized spacial score (nSPS) is 18.3. The molecule has 6 heteroatoms. The number of anilines is 1. The van der Waals surface area contributed by atoms with Gasteiger partial charge in [-0.05, 0) is 31.5 Å². The lowest BCUT2D eigenvalue weighted by Crippen LogP contribution is -2.43. The van der Waals surface area contributed by atoms with Gasteiger partial charge in [-0.2, -0.15) is 0 Å². The molecule has 108 valence electrons. The fraction of sp³-hybridized carbons (Fsp3) is 0.429. The molecular weight excluding hydrogens is 260 g/mol. The fourth-order valence-corrected chi connectivity index (χ4v) is 2.13. The number of carbonyl (C=O) groups excluding carboxylic acids is 1. The first-order valence-electron chi connectivity index (χ1n) is 6.64. The summed E-state index contributed by atoms with van der Waals surface area (Å²) < 4.78 is 5.15. The van der Waals surface area contributed by atoms with Gasteiger partial charge in [0.2, 0.25) is 5.91 Å². The lowest BCUT2D eigenvalue weighted by molar-refractivity contribution is -0.139. The van der Waals surface area contributed by atoms with Gasteiger partial charge in [0.25, 0.3) is 0 Å². The molecule has 1 amide bonds. The number of benzene rings is 1. The van der Waals surface area contributed by atoms with Crippen molar-refractivity contribution in [3.63, 3.8) is 0 Å². The van der Waals surface area contributed by atoms with Gasteiger partial charge in [-0.25, -0.2) is 4.79 Å². The second-order valence-electron chi connectivity index (χ2n) is 4.67. The number of hydrogen-bond acceptors (Lipinski definition) is 4. The topological polar surface area (TPSA) is 87.7 Å². The molecule has 0 saturated carbocycles. The lowest BCUT2D eigenvalue weighted by Gasteiger charge is -2.23. The number of para-hydroxylation sites is 2. The van der Waals surface area contributed by atoms with Crippen LogP contribution in [0.4, 0.5) is 5.69 Å². The highest BCUT2D eigenvalue weighted by molar-refractivity contribution is 5.96. The number of hydrogen-bond donors (Lipinski definition) is 3. The maximum atomic E-state index is 12.1. The van der Waals surface area contributed by atoms with Crippen LogP contribution < -0.4 is 15.4 Å². The number of nitrogens with one attached hydrogen (secondary N) is 2. The highest BCUT2D eigenvalue weighted by Crippen LogP contribution is 2.24. The first kappa shape index (κ1) is 14.3. The van der Waals surface area contributed by atoms with E-state index in [2.05, 4.69) is 10.6 Å². The molecule has 1 aromatic carbocycles. The molecular formula is C14H18N2O4. The summed E-state index contributed by atoms with van der Waals surface area (Å²) in [4.78, 5) is 22.6. The molecule has 6 nitrogen and oxygen atoms in total. The SMILES string of the molecule is O=C(O)COc1ccccc1NC(=O)[C@@H]1CCCCN1. The van der Waals surface area contributed by atoms with E-state index in [9.17, 15) is 9.59 Å². The van der Waals surface area contributed by atoms with E-state index in [4.69, 9.17) is 9.84 Å². The molecule has 1 aliphatic rings. The fourth-order valence-electron chi connectivity index (χ4n) is 2.13. The molecule has 0 aliphatic carbocycles. The van der Waals surface area contributed by atoms with Crippen LogP contribution in [-0.2, 0) is 9.59 Å². The highest BCUT2D eigenvalue weighted by Gasteiger charge is 2.21. The summed E-state index contributed by atoms with van der Waals surface area (Å²) in [5, 5.41) is 14.6. The van der Waals surface area contributed by atoms with Crippen molar-refractivity contribution in [3.05, 3.63) is 24.3 Å². The zero-order valence-corrected chi connectivity index (χ0v) is 11.1. The zero-order valence-electron chi connectivity index (χ0n) is 11.1. The predicted octanol–water partition coefficient (Wildman–Crippen LogP) is 1.23. The molecule has 20 heavy (non-hydrogen) atoms. The Morgan fingerprint density at radius 3 is 2.85 bits per heavy atom. The smallest absolute Gasteiger partial charge is 0.341 e. The van der Waals surface area contributed by atoms with Gasteiger partial charge in [0.05, 0.1) is 11.7 Å². The number of carboxylic acids is 1. The van der Waals surface area contributed by atoms with Gasteiger partial charge < -0.3 is 20.5 Å². The van der Waals surface area contributed by atoms with Crippen LogP contribution in [-0.4, -0.2) is 36.2 Å². The van der Waals surface area contributed by atoms with Crippen LogP contribution in [0.5, 0.6) is 5.75 Å². The Kier molecular flexibility index (Phi) is 4.95. The van der Waals surface area contributed by atoms with E-state index in [-0.39, 0.29) is 11.9 Å². The largest absolute Gasteiger partial charge is 0.480 e. The van der Waals surface area contributed by atoms with E-state index in [1.54, 1.807) is 24.3 Å². The third-order valence-electron chi connectivity index (χ3n) is 3.12. The van der Waals surface area contributed by atoms with Crippen LogP contribution in [0.25, 0.3) is 0 Å². The molecule has 1 fully saturated rings. The Bertz CT molecular complexity index is 484. The standard InChI is InChI=1S/C14H18N2O4/c17-13(18)9-20-12-7-2-1-5-10(12)16-14(19)11-6-3-4-8-15-11/h1-2,5,7,11,15H,3-4,6,8-9H2,(H,16,19)(H,17,18)/t11-/m0/s1. The third-order valence-corrected chi connectivity index (χ3v) is 3.12. The van der Waals surface area contributed by atoms with Crippen LogP contribution in [0.2, 0.25) is 0 Å². The van der Waals surface area contributed by atoms with Gasteiger partial charge >= 0.3 is 5.97 Å². The number of carboxylic acid groups (broad SMARTS) is 1. The second kappa shape index (κ2) is 6.91. The Hall–Kier alpha value is -2.08. The second-order valence-corrected chi connectivity index (χ2v) is 4.67. The van der Waals surface area contributed by atoms with Gasteiger partial charge in [-0.15, -0.1) is 0 Å². The molecule has 0 radical (unpaired) electrons. The zero-order chi connectivity index (χ0) is 14.4. The van der Waals surface area contributed by atoms with E-state index in [1.165, 1.54) is 0 Å². The maximum absolute atomic E-state index is 12.1. The quantitative estimate of drug-likeness (QED) is 0.754. The van der Waals surface area contributed by atoms with Crippen molar-refractivity contribution >= 4 is 17.6 Å². The van der Waals surface area contributed by atoms with E-state index >= 15 is 0 Å². The number of aliphatic carboxylic acids is 1. The van der Waals surface area contributed by atoms with Crippen molar-refractivity contribution in [1.82, 2.24) is 5.32 Å². The summed E-state index contributed by atoms with van der Waals surface area (Å²) in [5.41, 5.74) is 0.492. The number of carbonyl (C=O) groups is 2. The average Bonchev–Trinajstić information content (AvgIpc) is 2.47.